The van der Waals surface area contributed by atoms with Gasteiger partial charge in [0.05, 0.1) is 0 Å². The Hall–Kier alpha value is -1.40. The Balaban J connectivity index is 1.36. The smallest absolute Gasteiger partial charge is 0.223 e. The van der Waals surface area contributed by atoms with Crippen molar-refractivity contribution in [1.82, 2.24) is 4.90 Å². The first-order valence-electron chi connectivity index (χ1n) is 9.06. The summed E-state index contributed by atoms with van der Waals surface area (Å²) in [5, 5.41) is 0. The predicted octanol–water partition coefficient (Wildman–Crippen LogP) is 3.22. The van der Waals surface area contributed by atoms with Crippen molar-refractivity contribution in [1.29, 1.82) is 0 Å². The molecule has 1 aromatic rings. The van der Waals surface area contributed by atoms with Crippen LogP contribution in [0.4, 0.5) is 0 Å². The van der Waals surface area contributed by atoms with E-state index in [-0.39, 0.29) is 5.91 Å². The molecule has 0 bridgehead atoms. The Morgan fingerprint density at radius 3 is 2.72 bits per heavy atom. The van der Waals surface area contributed by atoms with Gasteiger partial charge in [-0.1, -0.05) is 0 Å². The standard InChI is InChI=1S/C19H27NO4S/c1-20(8-4-15-5-9-22-10-6-15)19(21)7-13-25-16-2-3-17-18(14-16)24-12-11-23-17/h2-3,14-15H,4-13H2,1H3. The van der Waals surface area contributed by atoms with Crippen molar-refractivity contribution in [2.75, 3.05) is 45.8 Å². The molecule has 0 aromatic heterocycles. The molecular formula is C19H27NO4S. The summed E-state index contributed by atoms with van der Waals surface area (Å²) in [4.78, 5) is 15.3. The average Bonchev–Trinajstić information content (AvgIpc) is 2.66. The fourth-order valence-electron chi connectivity index (χ4n) is 3.10. The number of hydrogen-bond donors (Lipinski definition) is 0. The monoisotopic (exact) mass is 365 g/mol. The zero-order valence-electron chi connectivity index (χ0n) is 14.9. The van der Waals surface area contributed by atoms with Crippen molar-refractivity contribution in [3.8, 4) is 11.5 Å². The third kappa shape index (κ3) is 5.54. The quantitative estimate of drug-likeness (QED) is 0.695. The van der Waals surface area contributed by atoms with Crippen molar-refractivity contribution in [3.63, 3.8) is 0 Å². The fourth-order valence-corrected chi connectivity index (χ4v) is 3.96. The molecule has 0 unspecified atom stereocenters. The van der Waals surface area contributed by atoms with Crippen LogP contribution in [-0.4, -0.2) is 56.6 Å². The summed E-state index contributed by atoms with van der Waals surface area (Å²) in [7, 11) is 1.91. The zero-order chi connectivity index (χ0) is 17.5. The second kappa shape index (κ2) is 9.34. The van der Waals surface area contributed by atoms with E-state index in [0.29, 0.717) is 25.6 Å². The van der Waals surface area contributed by atoms with Gasteiger partial charge in [-0.3, -0.25) is 4.79 Å². The molecular weight excluding hydrogens is 338 g/mol. The number of benzene rings is 1. The van der Waals surface area contributed by atoms with Crippen LogP contribution in [0.3, 0.4) is 0 Å². The molecule has 0 aliphatic carbocycles. The van der Waals surface area contributed by atoms with E-state index >= 15 is 0 Å². The highest BCUT2D eigenvalue weighted by atomic mass is 32.2. The minimum Gasteiger partial charge on any atom is -0.486 e. The van der Waals surface area contributed by atoms with Gasteiger partial charge in [-0.15, -0.1) is 11.8 Å². The maximum atomic E-state index is 12.3. The lowest BCUT2D eigenvalue weighted by Gasteiger charge is -2.25. The van der Waals surface area contributed by atoms with Crippen LogP contribution in [0.5, 0.6) is 11.5 Å². The van der Waals surface area contributed by atoms with Crippen LogP contribution in [0, 0.1) is 5.92 Å². The van der Waals surface area contributed by atoms with Crippen LogP contribution in [0.25, 0.3) is 0 Å². The number of carbonyl (C=O) groups excluding carboxylic acids is 1. The molecule has 1 saturated heterocycles. The maximum absolute atomic E-state index is 12.3. The van der Waals surface area contributed by atoms with Gasteiger partial charge in [-0.25, -0.2) is 0 Å². The Kier molecular flexibility index (Phi) is 6.87. The van der Waals surface area contributed by atoms with Crippen molar-refractivity contribution in [2.24, 2.45) is 5.92 Å². The molecule has 2 aliphatic rings. The van der Waals surface area contributed by atoms with E-state index < -0.39 is 0 Å². The van der Waals surface area contributed by atoms with Gasteiger partial charge in [-0.2, -0.15) is 0 Å². The first-order chi connectivity index (χ1) is 12.2. The molecule has 1 amide bonds. The minimum absolute atomic E-state index is 0.220. The second-order valence-corrected chi connectivity index (χ2v) is 7.73. The topological polar surface area (TPSA) is 48.0 Å². The van der Waals surface area contributed by atoms with E-state index in [1.807, 2.05) is 30.1 Å². The third-order valence-corrected chi connectivity index (χ3v) is 5.73. The highest BCUT2D eigenvalue weighted by molar-refractivity contribution is 7.99. The largest absolute Gasteiger partial charge is 0.486 e. The van der Waals surface area contributed by atoms with Gasteiger partial charge in [0.15, 0.2) is 11.5 Å². The van der Waals surface area contributed by atoms with Gasteiger partial charge < -0.3 is 19.1 Å². The van der Waals surface area contributed by atoms with Gasteiger partial charge >= 0.3 is 0 Å². The van der Waals surface area contributed by atoms with Crippen molar-refractivity contribution in [3.05, 3.63) is 18.2 Å². The number of rotatable bonds is 7. The first kappa shape index (κ1) is 18.4. The van der Waals surface area contributed by atoms with Crippen LogP contribution in [0.1, 0.15) is 25.7 Å². The molecule has 2 aliphatic heterocycles. The average molecular weight is 365 g/mol. The number of amides is 1. The molecule has 0 saturated carbocycles. The normalized spacial score (nSPS) is 17.3. The van der Waals surface area contributed by atoms with Crippen LogP contribution in [-0.2, 0) is 9.53 Å². The predicted molar refractivity (Wildman–Crippen MR) is 98.6 cm³/mol. The van der Waals surface area contributed by atoms with E-state index in [2.05, 4.69) is 0 Å². The molecule has 0 spiro atoms. The van der Waals surface area contributed by atoms with Crippen LogP contribution >= 0.6 is 11.8 Å². The summed E-state index contributed by atoms with van der Waals surface area (Å²) in [6, 6.07) is 5.97. The number of nitrogens with zero attached hydrogens (tertiary/aromatic N) is 1. The van der Waals surface area contributed by atoms with E-state index in [9.17, 15) is 4.79 Å². The zero-order valence-corrected chi connectivity index (χ0v) is 15.7. The number of ether oxygens (including phenoxy) is 3. The Labute approximate surface area is 154 Å². The molecule has 6 heteroatoms. The summed E-state index contributed by atoms with van der Waals surface area (Å²) in [5.74, 6) is 3.31. The van der Waals surface area contributed by atoms with E-state index in [0.717, 1.165) is 61.2 Å². The highest BCUT2D eigenvalue weighted by Gasteiger charge is 2.16. The van der Waals surface area contributed by atoms with E-state index in [4.69, 9.17) is 14.2 Å². The van der Waals surface area contributed by atoms with Gasteiger partial charge in [0.1, 0.15) is 13.2 Å². The lowest BCUT2D eigenvalue weighted by molar-refractivity contribution is -0.129. The van der Waals surface area contributed by atoms with Gasteiger partial charge in [0.2, 0.25) is 5.91 Å². The van der Waals surface area contributed by atoms with Crippen LogP contribution < -0.4 is 9.47 Å². The summed E-state index contributed by atoms with van der Waals surface area (Å²) in [5.41, 5.74) is 0. The molecule has 3 rings (SSSR count). The van der Waals surface area contributed by atoms with Crippen molar-refractivity contribution in [2.45, 2.75) is 30.6 Å². The van der Waals surface area contributed by atoms with Gasteiger partial charge in [-0.05, 0) is 43.4 Å². The molecule has 1 fully saturated rings. The lowest BCUT2D eigenvalue weighted by atomic mass is 9.96. The second-order valence-electron chi connectivity index (χ2n) is 6.56. The number of carbonyl (C=O) groups is 1. The number of thioether (sulfide) groups is 1. The Bertz CT molecular complexity index is 575. The summed E-state index contributed by atoms with van der Waals surface area (Å²) in [6.45, 7) is 3.78. The van der Waals surface area contributed by atoms with Crippen molar-refractivity contribution >= 4 is 17.7 Å². The molecule has 5 nitrogen and oxygen atoms in total. The molecule has 0 N–H and O–H groups in total. The SMILES string of the molecule is CN(CCC1CCOCC1)C(=O)CCSc1ccc2c(c1)OCCO2. The van der Waals surface area contributed by atoms with Gasteiger partial charge in [0.25, 0.3) is 0 Å². The summed E-state index contributed by atoms with van der Waals surface area (Å²) in [6.07, 6.45) is 3.90. The summed E-state index contributed by atoms with van der Waals surface area (Å²) < 4.78 is 16.5. The fraction of sp³-hybridized carbons (Fsp3) is 0.632. The Morgan fingerprint density at radius 2 is 1.92 bits per heavy atom. The molecule has 138 valence electrons. The molecule has 25 heavy (non-hydrogen) atoms. The van der Waals surface area contributed by atoms with Crippen molar-refractivity contribution < 1.29 is 19.0 Å². The number of hydrogen-bond acceptors (Lipinski definition) is 5. The lowest BCUT2D eigenvalue weighted by Crippen LogP contribution is -2.30. The van der Waals surface area contributed by atoms with Crippen LogP contribution in [0.15, 0.2) is 23.1 Å². The molecule has 1 aromatic carbocycles. The van der Waals surface area contributed by atoms with Crippen LogP contribution in [0.2, 0.25) is 0 Å². The Morgan fingerprint density at radius 1 is 1.16 bits per heavy atom. The third-order valence-electron chi connectivity index (χ3n) is 4.74. The maximum Gasteiger partial charge on any atom is 0.223 e. The number of fused-ring (bicyclic) bond motifs is 1. The first-order valence-corrected chi connectivity index (χ1v) is 10.0. The van der Waals surface area contributed by atoms with E-state index in [1.165, 1.54) is 0 Å². The molecule has 0 radical (unpaired) electrons. The highest BCUT2D eigenvalue weighted by Crippen LogP contribution is 2.34. The minimum atomic E-state index is 0.220. The van der Waals surface area contributed by atoms with Gasteiger partial charge in [0, 0.05) is 43.9 Å². The molecule has 0 atom stereocenters. The molecule has 2 heterocycles. The summed E-state index contributed by atoms with van der Waals surface area (Å²) >= 11 is 1.69. The van der Waals surface area contributed by atoms with E-state index in [1.54, 1.807) is 11.8 Å².